The fourth-order valence-corrected chi connectivity index (χ4v) is 2.30. The Morgan fingerprint density at radius 2 is 1.71 bits per heavy atom. The quantitative estimate of drug-likeness (QED) is 0.758. The van der Waals surface area contributed by atoms with Gasteiger partial charge in [-0.2, -0.15) is 5.10 Å². The number of halogens is 2. The van der Waals surface area contributed by atoms with Crippen LogP contribution >= 0.6 is 0 Å². The third-order valence-electron chi connectivity index (χ3n) is 3.63. The Hall–Kier alpha value is -2.63. The number of H-pyrrole nitrogens is 1. The van der Waals surface area contributed by atoms with Gasteiger partial charge >= 0.3 is 0 Å². The summed E-state index contributed by atoms with van der Waals surface area (Å²) < 4.78 is 27.3. The van der Waals surface area contributed by atoms with Gasteiger partial charge in [-0.05, 0) is 31.2 Å². The summed E-state index contributed by atoms with van der Waals surface area (Å²) in [7, 11) is 0. The molecule has 0 aliphatic heterocycles. The lowest BCUT2D eigenvalue weighted by atomic mass is 9.91. The summed E-state index contributed by atoms with van der Waals surface area (Å²) in [5.41, 5.74) is 2.81. The number of rotatable bonds is 2. The molecular weight excluding hydrogens is 310 g/mol. The van der Waals surface area contributed by atoms with Crippen molar-refractivity contribution in [2.45, 2.75) is 33.1 Å². The first-order valence-electron chi connectivity index (χ1n) is 7.61. The summed E-state index contributed by atoms with van der Waals surface area (Å²) in [5, 5.41) is 7.08. The van der Waals surface area contributed by atoms with E-state index in [0.29, 0.717) is 11.4 Å². The molecular formula is C18H18F2N4. The second-order valence-electron chi connectivity index (χ2n) is 6.77. The van der Waals surface area contributed by atoms with E-state index in [2.05, 4.69) is 20.2 Å². The summed E-state index contributed by atoms with van der Waals surface area (Å²) in [5.74, 6) is -1.10. The van der Waals surface area contributed by atoms with Crippen LogP contribution in [0.5, 0.6) is 0 Å². The van der Waals surface area contributed by atoms with Crippen molar-refractivity contribution in [2.75, 3.05) is 0 Å². The van der Waals surface area contributed by atoms with Crippen LogP contribution in [0.25, 0.3) is 22.8 Å². The van der Waals surface area contributed by atoms with Gasteiger partial charge in [-0.1, -0.05) is 20.8 Å². The molecule has 1 aromatic carbocycles. The van der Waals surface area contributed by atoms with Crippen molar-refractivity contribution >= 4 is 0 Å². The van der Waals surface area contributed by atoms with Gasteiger partial charge in [0, 0.05) is 17.2 Å². The Kier molecular flexibility index (Phi) is 3.91. The molecule has 0 unspecified atom stereocenters. The third-order valence-corrected chi connectivity index (χ3v) is 3.63. The van der Waals surface area contributed by atoms with Crippen LogP contribution in [-0.2, 0) is 5.41 Å². The molecule has 0 radical (unpaired) electrons. The van der Waals surface area contributed by atoms with Crippen LogP contribution in [0.1, 0.15) is 32.2 Å². The maximum absolute atomic E-state index is 14.2. The van der Waals surface area contributed by atoms with Crippen molar-refractivity contribution in [2.24, 2.45) is 0 Å². The topological polar surface area (TPSA) is 54.5 Å². The van der Waals surface area contributed by atoms with E-state index in [1.807, 2.05) is 39.8 Å². The lowest BCUT2D eigenvalue weighted by Crippen LogP contribution is -2.15. The first-order valence-corrected chi connectivity index (χ1v) is 7.61. The summed E-state index contributed by atoms with van der Waals surface area (Å²) in [6, 6.07) is 7.09. The lowest BCUT2D eigenvalue weighted by Gasteiger charge is -2.19. The van der Waals surface area contributed by atoms with Crippen molar-refractivity contribution in [1.82, 2.24) is 20.2 Å². The van der Waals surface area contributed by atoms with E-state index in [1.165, 1.54) is 12.1 Å². The van der Waals surface area contributed by atoms with E-state index >= 15 is 0 Å². The predicted octanol–water partition coefficient (Wildman–Crippen LogP) is 4.42. The van der Waals surface area contributed by atoms with Crippen LogP contribution in [0.2, 0.25) is 0 Å². The number of benzene rings is 1. The van der Waals surface area contributed by atoms with Crippen LogP contribution < -0.4 is 0 Å². The molecule has 124 valence electrons. The average Bonchev–Trinajstić information content (AvgIpc) is 2.92. The van der Waals surface area contributed by atoms with Gasteiger partial charge in [0.15, 0.2) is 5.82 Å². The Morgan fingerprint density at radius 1 is 0.958 bits per heavy atom. The van der Waals surface area contributed by atoms with Gasteiger partial charge < -0.3 is 0 Å². The van der Waals surface area contributed by atoms with Gasteiger partial charge in [0.05, 0.1) is 17.0 Å². The fraction of sp³-hybridized carbons (Fsp3) is 0.278. The smallest absolute Gasteiger partial charge is 0.163 e. The monoisotopic (exact) mass is 328 g/mol. The molecule has 24 heavy (non-hydrogen) atoms. The standard InChI is InChI=1S/C18H18F2N4/c1-10-7-15(24-23-10)14-9-16(18(2,3)4)22-17(21-14)12-6-5-11(19)8-13(12)20/h5-9H,1-4H3,(H,23,24). The molecule has 0 aliphatic carbocycles. The molecule has 6 heteroatoms. The van der Waals surface area contributed by atoms with Gasteiger partial charge in [-0.3, -0.25) is 5.10 Å². The molecule has 0 saturated carbocycles. The van der Waals surface area contributed by atoms with Crippen LogP contribution in [0, 0.1) is 18.6 Å². The fourth-order valence-electron chi connectivity index (χ4n) is 2.30. The summed E-state index contributed by atoms with van der Waals surface area (Å²) in [6.07, 6.45) is 0. The van der Waals surface area contributed by atoms with Crippen LogP contribution in [0.15, 0.2) is 30.3 Å². The number of nitrogens with one attached hydrogen (secondary N) is 1. The SMILES string of the molecule is Cc1cc(-c2cc(C(C)(C)C)nc(-c3ccc(F)cc3F)n2)n[nH]1. The van der Waals surface area contributed by atoms with E-state index in [-0.39, 0.29) is 16.8 Å². The predicted molar refractivity (Wildman–Crippen MR) is 88.4 cm³/mol. The Morgan fingerprint density at radius 3 is 2.29 bits per heavy atom. The van der Waals surface area contributed by atoms with E-state index in [0.717, 1.165) is 17.5 Å². The van der Waals surface area contributed by atoms with Crippen molar-refractivity contribution in [3.8, 4) is 22.8 Å². The second-order valence-corrected chi connectivity index (χ2v) is 6.77. The molecule has 0 amide bonds. The number of nitrogens with zero attached hydrogens (tertiary/aromatic N) is 3. The number of aromatic nitrogens is 4. The van der Waals surface area contributed by atoms with Crippen molar-refractivity contribution < 1.29 is 8.78 Å². The zero-order valence-electron chi connectivity index (χ0n) is 14.0. The minimum atomic E-state index is -0.690. The minimum absolute atomic E-state index is 0.163. The van der Waals surface area contributed by atoms with Crippen molar-refractivity contribution in [3.05, 3.63) is 53.4 Å². The molecule has 4 nitrogen and oxygen atoms in total. The summed E-state index contributed by atoms with van der Waals surface area (Å²) >= 11 is 0. The summed E-state index contributed by atoms with van der Waals surface area (Å²) in [6.45, 7) is 7.93. The molecule has 3 aromatic rings. The maximum Gasteiger partial charge on any atom is 0.163 e. The molecule has 0 aliphatic rings. The van der Waals surface area contributed by atoms with Gasteiger partial charge in [0.1, 0.15) is 17.3 Å². The molecule has 0 fully saturated rings. The zero-order chi connectivity index (χ0) is 17.5. The Balaban J connectivity index is 2.22. The number of aryl methyl sites for hydroxylation is 1. The summed E-state index contributed by atoms with van der Waals surface area (Å²) in [4.78, 5) is 8.92. The normalized spacial score (nSPS) is 11.8. The largest absolute Gasteiger partial charge is 0.282 e. The van der Waals surface area contributed by atoms with Crippen LogP contribution in [0.4, 0.5) is 8.78 Å². The van der Waals surface area contributed by atoms with E-state index in [4.69, 9.17) is 0 Å². The molecule has 2 heterocycles. The van der Waals surface area contributed by atoms with Gasteiger partial charge in [-0.25, -0.2) is 18.7 Å². The maximum atomic E-state index is 14.2. The van der Waals surface area contributed by atoms with E-state index < -0.39 is 11.6 Å². The molecule has 0 saturated heterocycles. The number of hydrogen-bond acceptors (Lipinski definition) is 3. The first-order chi connectivity index (χ1) is 11.2. The lowest BCUT2D eigenvalue weighted by molar-refractivity contribution is 0.566. The molecule has 0 bridgehead atoms. The van der Waals surface area contributed by atoms with Gasteiger partial charge in [0.2, 0.25) is 0 Å². The van der Waals surface area contributed by atoms with Gasteiger partial charge in [-0.15, -0.1) is 0 Å². The van der Waals surface area contributed by atoms with Crippen LogP contribution in [0.3, 0.4) is 0 Å². The van der Waals surface area contributed by atoms with E-state index in [9.17, 15) is 8.78 Å². The number of aromatic amines is 1. The molecule has 2 aromatic heterocycles. The highest BCUT2D eigenvalue weighted by Gasteiger charge is 2.21. The van der Waals surface area contributed by atoms with E-state index in [1.54, 1.807) is 0 Å². The molecule has 0 atom stereocenters. The molecule has 1 N–H and O–H groups in total. The third kappa shape index (κ3) is 3.18. The minimum Gasteiger partial charge on any atom is -0.282 e. The average molecular weight is 328 g/mol. The highest BCUT2D eigenvalue weighted by molar-refractivity contribution is 5.62. The van der Waals surface area contributed by atoms with Crippen molar-refractivity contribution in [1.29, 1.82) is 0 Å². The highest BCUT2D eigenvalue weighted by Crippen LogP contribution is 2.29. The second kappa shape index (κ2) is 5.78. The highest BCUT2D eigenvalue weighted by atomic mass is 19.1. The molecule has 3 rings (SSSR count). The van der Waals surface area contributed by atoms with Crippen molar-refractivity contribution in [3.63, 3.8) is 0 Å². The zero-order valence-corrected chi connectivity index (χ0v) is 14.0. The Bertz CT molecular complexity index is 894. The first kappa shape index (κ1) is 16.2. The number of hydrogen-bond donors (Lipinski definition) is 1. The van der Waals surface area contributed by atoms with Crippen LogP contribution in [-0.4, -0.2) is 20.2 Å². The molecule has 0 spiro atoms. The van der Waals surface area contributed by atoms with Gasteiger partial charge in [0.25, 0.3) is 0 Å². The Labute approximate surface area is 139 Å².